The highest BCUT2D eigenvalue weighted by Crippen LogP contribution is 2.51. The van der Waals surface area contributed by atoms with Crippen molar-refractivity contribution in [2.45, 2.75) is 77.7 Å². The van der Waals surface area contributed by atoms with Gasteiger partial charge < -0.3 is 14.8 Å². The van der Waals surface area contributed by atoms with Crippen LogP contribution in [-0.2, 0) is 14.3 Å². The number of amides is 1. The number of allylic oxidation sites excluding steroid dienone is 2. The minimum absolute atomic E-state index is 0.246. The van der Waals surface area contributed by atoms with E-state index in [0.29, 0.717) is 34.3 Å². The summed E-state index contributed by atoms with van der Waals surface area (Å²) in [6.07, 6.45) is 4.22. The Morgan fingerprint density at radius 2 is 1.70 bits per heavy atom. The van der Waals surface area contributed by atoms with Gasteiger partial charge in [0.2, 0.25) is 6.41 Å². The number of anilines is 1. The van der Waals surface area contributed by atoms with Gasteiger partial charge in [0.15, 0.2) is 5.60 Å². The van der Waals surface area contributed by atoms with Crippen molar-refractivity contribution in [1.82, 2.24) is 0 Å². The first-order valence-corrected chi connectivity index (χ1v) is 15.1. The molecule has 3 aromatic carbocycles. The minimum Gasteiger partial charge on any atom is -0.476 e. The average Bonchev–Trinajstić information content (AvgIpc) is 2.95. The molecule has 0 bridgehead atoms. The first kappa shape index (κ1) is 34.1. The number of halogens is 3. The molecule has 0 aliphatic carbocycles. The highest BCUT2D eigenvalue weighted by atomic mass is 35.5. The van der Waals surface area contributed by atoms with Crippen molar-refractivity contribution in [3.8, 4) is 5.75 Å². The molecule has 43 heavy (non-hydrogen) atoms. The molecule has 0 aromatic heterocycles. The van der Waals surface area contributed by atoms with Crippen LogP contribution < -0.4 is 10.1 Å². The van der Waals surface area contributed by atoms with Gasteiger partial charge in [0.1, 0.15) is 11.6 Å². The average molecular weight is 629 g/mol. The lowest BCUT2D eigenvalue weighted by atomic mass is 9.69. The molecule has 0 heterocycles. The Morgan fingerprint density at radius 3 is 2.35 bits per heavy atom. The molecule has 3 unspecified atom stereocenters. The van der Waals surface area contributed by atoms with Crippen LogP contribution in [0.25, 0.3) is 0 Å². The fourth-order valence-corrected chi connectivity index (χ4v) is 6.16. The van der Waals surface area contributed by atoms with Crippen LogP contribution in [-0.4, -0.2) is 25.1 Å². The number of rotatable bonds is 13. The maximum Gasteiger partial charge on any atom is 0.349 e. The zero-order valence-electron chi connectivity index (χ0n) is 25.8. The Bertz CT molecular complexity index is 1490. The molecule has 3 rings (SSSR count). The molecule has 0 saturated carbocycles. The van der Waals surface area contributed by atoms with Gasteiger partial charge in [-0.3, -0.25) is 4.79 Å². The summed E-state index contributed by atoms with van der Waals surface area (Å²) in [4.78, 5) is 24.4. The number of esters is 1. The predicted molar refractivity (Wildman–Crippen MR) is 173 cm³/mol. The van der Waals surface area contributed by atoms with E-state index in [1.807, 2.05) is 19.1 Å². The van der Waals surface area contributed by atoms with Crippen molar-refractivity contribution in [1.29, 1.82) is 0 Å². The summed E-state index contributed by atoms with van der Waals surface area (Å²) in [7, 11) is 1.32. The molecule has 0 fully saturated rings. The largest absolute Gasteiger partial charge is 0.476 e. The molecule has 0 radical (unpaired) electrons. The topological polar surface area (TPSA) is 64.6 Å². The first-order chi connectivity index (χ1) is 20.3. The zero-order chi connectivity index (χ0) is 31.9. The van der Waals surface area contributed by atoms with Crippen LogP contribution in [0.5, 0.6) is 5.75 Å². The number of hydrogen-bond donors (Lipinski definition) is 1. The molecular formula is C35H40Cl2FNO4. The Morgan fingerprint density at radius 1 is 1.02 bits per heavy atom. The van der Waals surface area contributed by atoms with Crippen LogP contribution >= 0.6 is 23.2 Å². The van der Waals surface area contributed by atoms with E-state index in [1.54, 1.807) is 50.2 Å². The molecule has 3 atom stereocenters. The van der Waals surface area contributed by atoms with Crippen molar-refractivity contribution in [2.24, 2.45) is 0 Å². The summed E-state index contributed by atoms with van der Waals surface area (Å²) < 4.78 is 26.1. The van der Waals surface area contributed by atoms with Crippen LogP contribution in [0.4, 0.5) is 10.1 Å². The van der Waals surface area contributed by atoms with Gasteiger partial charge in [0.25, 0.3) is 0 Å². The van der Waals surface area contributed by atoms with E-state index in [0.717, 1.165) is 34.2 Å². The molecule has 230 valence electrons. The van der Waals surface area contributed by atoms with E-state index >= 15 is 0 Å². The fourth-order valence-electron chi connectivity index (χ4n) is 5.81. The number of carbonyl (C=O) groups excluding carboxylic acids is 2. The number of carbonyl (C=O) groups is 2. The van der Waals surface area contributed by atoms with E-state index in [1.165, 1.54) is 13.2 Å². The third-order valence-corrected chi connectivity index (χ3v) is 8.27. The van der Waals surface area contributed by atoms with Crippen molar-refractivity contribution in [3.05, 3.63) is 104 Å². The number of hydrogen-bond acceptors (Lipinski definition) is 4. The van der Waals surface area contributed by atoms with Crippen LogP contribution in [0.3, 0.4) is 0 Å². The summed E-state index contributed by atoms with van der Waals surface area (Å²) in [5.74, 6) is -1.26. The molecular weight excluding hydrogens is 588 g/mol. The number of benzene rings is 3. The third-order valence-electron chi connectivity index (χ3n) is 7.80. The van der Waals surface area contributed by atoms with Crippen molar-refractivity contribution in [3.63, 3.8) is 0 Å². The Hall–Kier alpha value is -3.35. The lowest BCUT2D eigenvalue weighted by Gasteiger charge is -2.37. The van der Waals surface area contributed by atoms with Crippen LogP contribution in [0.2, 0.25) is 10.0 Å². The number of ether oxygens (including phenoxy) is 2. The quantitative estimate of drug-likeness (QED) is 0.116. The van der Waals surface area contributed by atoms with Crippen LogP contribution in [0.15, 0.2) is 66.2 Å². The molecule has 0 saturated heterocycles. The maximum atomic E-state index is 14.7. The number of aryl methyl sites for hydroxylation is 1. The molecule has 0 aliphatic heterocycles. The lowest BCUT2D eigenvalue weighted by Crippen LogP contribution is -2.39. The van der Waals surface area contributed by atoms with E-state index in [9.17, 15) is 14.0 Å². The van der Waals surface area contributed by atoms with Gasteiger partial charge in [-0.1, -0.05) is 60.8 Å². The molecule has 8 heteroatoms. The second kappa shape index (κ2) is 14.9. The van der Waals surface area contributed by atoms with E-state index in [2.05, 4.69) is 32.2 Å². The molecule has 0 spiro atoms. The van der Waals surface area contributed by atoms with Crippen molar-refractivity contribution < 1.29 is 23.5 Å². The lowest BCUT2D eigenvalue weighted by molar-refractivity contribution is -0.156. The summed E-state index contributed by atoms with van der Waals surface area (Å²) in [6, 6.07) is 15.5. The first-order valence-electron chi connectivity index (χ1n) is 14.3. The van der Waals surface area contributed by atoms with Gasteiger partial charge in [-0.15, -0.1) is 0 Å². The van der Waals surface area contributed by atoms with Gasteiger partial charge in [0.05, 0.1) is 7.11 Å². The summed E-state index contributed by atoms with van der Waals surface area (Å²) in [5.41, 5.74) is 3.75. The van der Waals surface area contributed by atoms with Crippen molar-refractivity contribution >= 4 is 41.3 Å². The Labute approximate surface area is 264 Å². The third kappa shape index (κ3) is 8.39. The standard InChI is InChI=1S/C35H40Cl2FNO4/c1-8-9-21(2)16-30(29-17-24(36)12-15-32(29)43-35(5,6)34(41)42-7)33(23(4)28-19-26(38)13-10-22(28)3)27-14-11-25(37)18-31(27)39-20-40/h9-15,17-20,23,30,33H,8,16H2,1-7H3,(H,39,40)/b21-9-. The summed E-state index contributed by atoms with van der Waals surface area (Å²) in [6.45, 7) is 11.5. The van der Waals surface area contributed by atoms with Gasteiger partial charge in [-0.25, -0.2) is 9.18 Å². The highest BCUT2D eigenvalue weighted by Gasteiger charge is 2.37. The second-order valence-corrected chi connectivity index (χ2v) is 12.2. The summed E-state index contributed by atoms with van der Waals surface area (Å²) >= 11 is 13.0. The Kier molecular flexibility index (Phi) is 11.8. The van der Waals surface area contributed by atoms with E-state index in [-0.39, 0.29) is 23.6 Å². The van der Waals surface area contributed by atoms with Gasteiger partial charge in [0, 0.05) is 15.7 Å². The molecule has 3 aromatic rings. The second-order valence-electron chi connectivity index (χ2n) is 11.4. The van der Waals surface area contributed by atoms with Crippen molar-refractivity contribution in [2.75, 3.05) is 12.4 Å². The minimum atomic E-state index is -1.29. The Balaban J connectivity index is 2.40. The number of nitrogens with one attached hydrogen (secondary N) is 1. The van der Waals surface area contributed by atoms with Crippen LogP contribution in [0.1, 0.15) is 87.5 Å². The monoisotopic (exact) mass is 627 g/mol. The molecule has 0 aliphatic rings. The molecule has 1 amide bonds. The van der Waals surface area contributed by atoms with Gasteiger partial charge in [-0.2, -0.15) is 0 Å². The maximum absolute atomic E-state index is 14.7. The normalized spacial score (nSPS) is 14.0. The SMILES string of the molecule is CC/C=C(/C)CC(c1cc(Cl)ccc1OC(C)(C)C(=O)OC)C(c1ccc(Cl)cc1NC=O)C(C)c1cc(F)ccc1C. The molecule has 1 N–H and O–H groups in total. The smallest absolute Gasteiger partial charge is 0.349 e. The number of methoxy groups -OCH3 is 1. The van der Waals surface area contributed by atoms with Gasteiger partial charge >= 0.3 is 5.97 Å². The van der Waals surface area contributed by atoms with E-state index in [4.69, 9.17) is 32.7 Å². The van der Waals surface area contributed by atoms with Gasteiger partial charge in [-0.05, 0) is 123 Å². The fraction of sp³-hybridized carbons (Fsp3) is 0.371. The predicted octanol–water partition coefficient (Wildman–Crippen LogP) is 9.76. The zero-order valence-corrected chi connectivity index (χ0v) is 27.3. The molecule has 5 nitrogen and oxygen atoms in total. The highest BCUT2D eigenvalue weighted by molar-refractivity contribution is 6.31. The van der Waals surface area contributed by atoms with E-state index < -0.39 is 11.6 Å². The van der Waals surface area contributed by atoms with Crippen LogP contribution in [0, 0.1) is 12.7 Å². The summed E-state index contributed by atoms with van der Waals surface area (Å²) in [5, 5.41) is 3.79.